The van der Waals surface area contributed by atoms with Crippen molar-refractivity contribution in [3.8, 4) is 11.8 Å². The highest BCUT2D eigenvalue weighted by Crippen LogP contribution is 2.23. The quantitative estimate of drug-likeness (QED) is 0.325. The summed E-state index contributed by atoms with van der Waals surface area (Å²) in [5.74, 6) is -1.76. The summed E-state index contributed by atoms with van der Waals surface area (Å²) in [7, 11) is 1.53. The van der Waals surface area contributed by atoms with E-state index in [1.165, 1.54) is 30.0 Å². The Labute approximate surface area is 207 Å². The second-order valence-corrected chi connectivity index (χ2v) is 8.06. The monoisotopic (exact) mass is 491 g/mol. The maximum absolute atomic E-state index is 14.1. The molecule has 0 aliphatic heterocycles. The fourth-order valence-electron chi connectivity index (χ4n) is 3.60. The van der Waals surface area contributed by atoms with Crippen LogP contribution in [0.3, 0.4) is 0 Å². The number of methoxy groups -OCH3 is 1. The Balaban J connectivity index is 1.81. The first-order chi connectivity index (χ1) is 17.3. The van der Waals surface area contributed by atoms with Crippen molar-refractivity contribution in [1.29, 1.82) is 5.26 Å². The van der Waals surface area contributed by atoms with Crippen molar-refractivity contribution in [2.24, 2.45) is 0 Å². The van der Waals surface area contributed by atoms with Crippen LogP contribution in [0.15, 0.2) is 65.6 Å². The second kappa shape index (κ2) is 12.4. The van der Waals surface area contributed by atoms with Gasteiger partial charge in [0.05, 0.1) is 11.6 Å². The summed E-state index contributed by atoms with van der Waals surface area (Å²) < 4.78 is 25.9. The zero-order chi connectivity index (χ0) is 26.1. The molecule has 1 aromatic heterocycles. The van der Waals surface area contributed by atoms with Crippen molar-refractivity contribution >= 4 is 11.7 Å². The Hall–Kier alpha value is -4.29. The first kappa shape index (κ1) is 26.3. The van der Waals surface area contributed by atoms with Crippen LogP contribution < -0.4 is 15.6 Å². The van der Waals surface area contributed by atoms with Crippen LogP contribution in [0.4, 0.5) is 4.39 Å². The molecule has 3 aromatic rings. The lowest BCUT2D eigenvalue weighted by Crippen LogP contribution is -2.31. The molecule has 8 nitrogen and oxygen atoms in total. The SMILES string of the molecule is COCCCn1cc(C(=O)c2cc(F)ccc2OCC(=O)N[C@H](C)c2ccccc2)cc(C#N)c1=O. The van der Waals surface area contributed by atoms with Crippen LogP contribution in [0.2, 0.25) is 0 Å². The van der Waals surface area contributed by atoms with E-state index >= 15 is 0 Å². The maximum Gasteiger partial charge on any atom is 0.268 e. The molecule has 0 saturated heterocycles. The number of hydrogen-bond donors (Lipinski definition) is 1. The van der Waals surface area contributed by atoms with Gasteiger partial charge in [-0.3, -0.25) is 14.4 Å². The summed E-state index contributed by atoms with van der Waals surface area (Å²) in [6.07, 6.45) is 1.81. The van der Waals surface area contributed by atoms with Gasteiger partial charge in [-0.2, -0.15) is 5.26 Å². The number of carbonyl (C=O) groups is 2. The van der Waals surface area contributed by atoms with Gasteiger partial charge in [-0.1, -0.05) is 30.3 Å². The Kier molecular flexibility index (Phi) is 9.08. The molecule has 0 unspecified atom stereocenters. The Morgan fingerprint density at radius 3 is 2.61 bits per heavy atom. The lowest BCUT2D eigenvalue weighted by Gasteiger charge is -2.16. The van der Waals surface area contributed by atoms with Gasteiger partial charge in [-0.05, 0) is 43.2 Å². The van der Waals surface area contributed by atoms with Gasteiger partial charge in [-0.15, -0.1) is 0 Å². The summed E-state index contributed by atoms with van der Waals surface area (Å²) >= 11 is 0. The van der Waals surface area contributed by atoms with E-state index in [0.717, 1.165) is 17.7 Å². The average molecular weight is 492 g/mol. The zero-order valence-corrected chi connectivity index (χ0v) is 20.0. The number of benzene rings is 2. The fraction of sp³-hybridized carbons (Fsp3) is 0.259. The number of amides is 1. The number of nitrogens with zero attached hydrogens (tertiary/aromatic N) is 2. The topological polar surface area (TPSA) is 110 Å². The number of ketones is 1. The molecule has 0 bridgehead atoms. The average Bonchev–Trinajstić information content (AvgIpc) is 2.89. The minimum absolute atomic E-state index is 0.000412. The van der Waals surface area contributed by atoms with Gasteiger partial charge in [0, 0.05) is 32.0 Å². The molecule has 0 saturated carbocycles. The van der Waals surface area contributed by atoms with E-state index in [1.54, 1.807) is 6.07 Å². The third-order valence-electron chi connectivity index (χ3n) is 5.44. The zero-order valence-electron chi connectivity index (χ0n) is 20.0. The minimum Gasteiger partial charge on any atom is -0.483 e. The predicted octanol–water partition coefficient (Wildman–Crippen LogP) is 3.38. The molecule has 1 amide bonds. The van der Waals surface area contributed by atoms with Gasteiger partial charge < -0.3 is 19.4 Å². The lowest BCUT2D eigenvalue weighted by molar-refractivity contribution is -0.123. The van der Waals surface area contributed by atoms with Crippen LogP contribution in [0, 0.1) is 17.1 Å². The maximum atomic E-state index is 14.1. The number of aryl methyl sites for hydroxylation is 1. The van der Waals surface area contributed by atoms with Crippen molar-refractivity contribution in [3.63, 3.8) is 0 Å². The van der Waals surface area contributed by atoms with Crippen molar-refractivity contribution in [3.05, 3.63) is 99.2 Å². The number of pyridine rings is 1. The van der Waals surface area contributed by atoms with Gasteiger partial charge >= 0.3 is 0 Å². The minimum atomic E-state index is -0.679. The molecule has 0 fully saturated rings. The van der Waals surface area contributed by atoms with E-state index in [2.05, 4.69) is 5.32 Å². The molecular weight excluding hydrogens is 465 g/mol. The number of carbonyl (C=O) groups excluding carboxylic acids is 2. The highest BCUT2D eigenvalue weighted by atomic mass is 19.1. The van der Waals surface area contributed by atoms with Gasteiger partial charge in [-0.25, -0.2) is 4.39 Å². The van der Waals surface area contributed by atoms with Crippen molar-refractivity contribution in [2.75, 3.05) is 20.3 Å². The molecule has 0 radical (unpaired) electrons. The summed E-state index contributed by atoms with van der Waals surface area (Å²) in [6.45, 7) is 2.05. The number of rotatable bonds is 11. The van der Waals surface area contributed by atoms with Gasteiger partial charge in [0.1, 0.15) is 23.2 Å². The lowest BCUT2D eigenvalue weighted by atomic mass is 10.0. The van der Waals surface area contributed by atoms with Crippen LogP contribution in [0.1, 0.15) is 46.4 Å². The van der Waals surface area contributed by atoms with E-state index in [9.17, 15) is 24.0 Å². The van der Waals surface area contributed by atoms with E-state index in [1.807, 2.05) is 37.3 Å². The van der Waals surface area contributed by atoms with Crippen LogP contribution in [0.25, 0.3) is 0 Å². The smallest absolute Gasteiger partial charge is 0.268 e. The summed E-state index contributed by atoms with van der Waals surface area (Å²) in [6, 6.07) is 15.4. The third kappa shape index (κ3) is 6.64. The molecule has 1 N–H and O–H groups in total. The summed E-state index contributed by atoms with van der Waals surface area (Å²) in [5, 5.41) is 12.2. The standard InChI is InChI=1S/C27H26FN3O5/c1-18(19-7-4-3-5-8-19)30-25(32)17-36-24-10-9-22(28)14-23(24)26(33)21-13-20(15-29)27(34)31(16-21)11-6-12-35-2/h3-5,7-10,13-14,16,18H,6,11-12,17H2,1-2H3,(H,30,32)/t18-/m1/s1. The highest BCUT2D eigenvalue weighted by molar-refractivity contribution is 6.10. The van der Waals surface area contributed by atoms with E-state index < -0.39 is 29.7 Å². The molecular formula is C27H26FN3O5. The fourth-order valence-corrected chi connectivity index (χ4v) is 3.60. The van der Waals surface area contributed by atoms with Gasteiger partial charge in [0.25, 0.3) is 11.5 Å². The molecule has 1 atom stereocenters. The Bertz CT molecular complexity index is 1330. The van der Waals surface area contributed by atoms with E-state index in [-0.39, 0.29) is 35.0 Å². The number of ether oxygens (including phenoxy) is 2. The molecule has 0 aliphatic rings. The molecule has 1 heterocycles. The molecule has 3 rings (SSSR count). The van der Waals surface area contributed by atoms with Crippen LogP contribution in [0.5, 0.6) is 5.75 Å². The second-order valence-electron chi connectivity index (χ2n) is 8.06. The summed E-state index contributed by atoms with van der Waals surface area (Å²) in [5.41, 5.74) is 0.0416. The third-order valence-corrected chi connectivity index (χ3v) is 5.44. The normalized spacial score (nSPS) is 11.4. The number of nitriles is 1. The first-order valence-electron chi connectivity index (χ1n) is 11.3. The van der Waals surface area contributed by atoms with Gasteiger partial charge in [0.2, 0.25) is 0 Å². The Morgan fingerprint density at radius 2 is 1.92 bits per heavy atom. The van der Waals surface area contributed by atoms with Crippen molar-refractivity contribution in [1.82, 2.24) is 9.88 Å². The number of aromatic nitrogens is 1. The molecule has 0 aliphatic carbocycles. The Morgan fingerprint density at radius 1 is 1.17 bits per heavy atom. The van der Waals surface area contributed by atoms with Gasteiger partial charge in [0.15, 0.2) is 12.4 Å². The molecule has 36 heavy (non-hydrogen) atoms. The number of nitrogens with one attached hydrogen (secondary N) is 1. The molecule has 0 spiro atoms. The molecule has 186 valence electrons. The number of hydrogen-bond acceptors (Lipinski definition) is 6. The van der Waals surface area contributed by atoms with Crippen LogP contribution in [-0.4, -0.2) is 36.6 Å². The largest absolute Gasteiger partial charge is 0.483 e. The van der Waals surface area contributed by atoms with E-state index in [4.69, 9.17) is 9.47 Å². The highest BCUT2D eigenvalue weighted by Gasteiger charge is 2.20. The predicted molar refractivity (Wildman–Crippen MR) is 130 cm³/mol. The molecule has 9 heteroatoms. The van der Waals surface area contributed by atoms with Crippen LogP contribution in [-0.2, 0) is 16.1 Å². The van der Waals surface area contributed by atoms with Crippen molar-refractivity contribution in [2.45, 2.75) is 25.9 Å². The molecule has 2 aromatic carbocycles. The van der Waals surface area contributed by atoms with Crippen molar-refractivity contribution < 1.29 is 23.5 Å². The number of halogens is 1. The first-order valence-corrected chi connectivity index (χ1v) is 11.3. The van der Waals surface area contributed by atoms with Crippen LogP contribution >= 0.6 is 0 Å². The van der Waals surface area contributed by atoms with E-state index in [0.29, 0.717) is 13.0 Å². The summed E-state index contributed by atoms with van der Waals surface area (Å²) in [4.78, 5) is 38.2.